The number of amides is 1. The minimum absolute atomic E-state index is 0.0123. The SMILES string of the molecule is COc1ccc(C2=NN(C(=O)CN3CCCCC3)C(c3ccc(OC)cc3OC)C2)cc1. The molecule has 2 aliphatic heterocycles. The third-order valence-electron chi connectivity index (χ3n) is 6.20. The molecular formula is C25H31N3O4. The number of carbonyl (C=O) groups excluding carboxylic acids is 1. The Morgan fingerprint density at radius 1 is 0.938 bits per heavy atom. The number of nitrogens with zero attached hydrogens (tertiary/aromatic N) is 3. The highest BCUT2D eigenvalue weighted by Crippen LogP contribution is 2.39. The van der Waals surface area contributed by atoms with Gasteiger partial charge < -0.3 is 14.2 Å². The van der Waals surface area contributed by atoms with Crippen molar-refractivity contribution in [3.63, 3.8) is 0 Å². The number of carbonyl (C=O) groups is 1. The van der Waals surface area contributed by atoms with Crippen molar-refractivity contribution < 1.29 is 19.0 Å². The van der Waals surface area contributed by atoms with Crippen LogP contribution in [-0.4, -0.2) is 62.5 Å². The molecule has 32 heavy (non-hydrogen) atoms. The molecule has 7 heteroatoms. The highest BCUT2D eigenvalue weighted by Gasteiger charge is 2.35. The molecule has 2 aromatic carbocycles. The van der Waals surface area contributed by atoms with Crippen LogP contribution in [0, 0.1) is 0 Å². The average molecular weight is 438 g/mol. The topological polar surface area (TPSA) is 63.6 Å². The smallest absolute Gasteiger partial charge is 0.257 e. The summed E-state index contributed by atoms with van der Waals surface area (Å²) in [5.41, 5.74) is 2.78. The van der Waals surface area contributed by atoms with Crippen LogP contribution in [-0.2, 0) is 4.79 Å². The zero-order valence-corrected chi connectivity index (χ0v) is 19.0. The largest absolute Gasteiger partial charge is 0.497 e. The van der Waals surface area contributed by atoms with E-state index in [2.05, 4.69) is 4.90 Å². The van der Waals surface area contributed by atoms with E-state index in [4.69, 9.17) is 19.3 Å². The van der Waals surface area contributed by atoms with Gasteiger partial charge in [-0.3, -0.25) is 9.69 Å². The second kappa shape index (κ2) is 10.0. The van der Waals surface area contributed by atoms with Crippen molar-refractivity contribution in [3.05, 3.63) is 53.6 Å². The maximum atomic E-state index is 13.4. The van der Waals surface area contributed by atoms with Crippen molar-refractivity contribution in [1.82, 2.24) is 9.91 Å². The van der Waals surface area contributed by atoms with Gasteiger partial charge in [0.05, 0.1) is 39.6 Å². The summed E-state index contributed by atoms with van der Waals surface area (Å²) in [5, 5.41) is 6.45. The standard InChI is InChI=1S/C25H31N3O4/c1-30-19-9-7-18(8-10-19)22-16-23(21-12-11-20(31-2)15-24(21)32-3)28(26-22)25(29)17-27-13-5-4-6-14-27/h7-12,15,23H,4-6,13-14,16-17H2,1-3H3. The van der Waals surface area contributed by atoms with Crippen LogP contribution in [0.25, 0.3) is 0 Å². The molecule has 0 aromatic heterocycles. The van der Waals surface area contributed by atoms with E-state index < -0.39 is 0 Å². The summed E-state index contributed by atoms with van der Waals surface area (Å²) in [4.78, 5) is 15.6. The van der Waals surface area contributed by atoms with Gasteiger partial charge in [0.2, 0.25) is 0 Å². The molecule has 170 valence electrons. The van der Waals surface area contributed by atoms with Crippen molar-refractivity contribution in [1.29, 1.82) is 0 Å². The Hall–Kier alpha value is -3.06. The van der Waals surface area contributed by atoms with E-state index in [-0.39, 0.29) is 11.9 Å². The molecular weight excluding hydrogens is 406 g/mol. The van der Waals surface area contributed by atoms with Gasteiger partial charge in [-0.2, -0.15) is 5.10 Å². The Kier molecular flexibility index (Phi) is 6.95. The van der Waals surface area contributed by atoms with Crippen LogP contribution in [0.5, 0.6) is 17.2 Å². The summed E-state index contributed by atoms with van der Waals surface area (Å²) in [6.45, 7) is 2.31. The van der Waals surface area contributed by atoms with Crippen LogP contribution >= 0.6 is 0 Å². The molecule has 0 bridgehead atoms. The normalized spacial score (nSPS) is 18.9. The van der Waals surface area contributed by atoms with E-state index in [0.717, 1.165) is 48.5 Å². The van der Waals surface area contributed by atoms with Gasteiger partial charge in [-0.05, 0) is 67.9 Å². The second-order valence-electron chi connectivity index (χ2n) is 8.18. The lowest BCUT2D eigenvalue weighted by molar-refractivity contribution is -0.134. The van der Waals surface area contributed by atoms with Gasteiger partial charge in [0.25, 0.3) is 5.91 Å². The first-order valence-electron chi connectivity index (χ1n) is 11.1. The summed E-state index contributed by atoms with van der Waals surface area (Å²) < 4.78 is 16.3. The van der Waals surface area contributed by atoms with E-state index >= 15 is 0 Å². The monoisotopic (exact) mass is 437 g/mol. The first-order valence-corrected chi connectivity index (χ1v) is 11.1. The minimum Gasteiger partial charge on any atom is -0.497 e. The van der Waals surface area contributed by atoms with Gasteiger partial charge >= 0.3 is 0 Å². The minimum atomic E-state index is -0.231. The number of piperidine rings is 1. The van der Waals surface area contributed by atoms with Crippen molar-refractivity contribution in [2.24, 2.45) is 5.10 Å². The lowest BCUT2D eigenvalue weighted by Crippen LogP contribution is -2.40. The number of methoxy groups -OCH3 is 3. The Morgan fingerprint density at radius 3 is 2.28 bits per heavy atom. The van der Waals surface area contributed by atoms with Crippen LogP contribution < -0.4 is 14.2 Å². The third kappa shape index (κ3) is 4.72. The summed E-state index contributed by atoms with van der Waals surface area (Å²) >= 11 is 0. The molecule has 0 radical (unpaired) electrons. The van der Waals surface area contributed by atoms with Gasteiger partial charge in [-0.1, -0.05) is 6.42 Å². The van der Waals surface area contributed by atoms with Crippen LogP contribution in [0.2, 0.25) is 0 Å². The number of hydrogen-bond acceptors (Lipinski definition) is 6. The number of hydrogen-bond donors (Lipinski definition) is 0. The van der Waals surface area contributed by atoms with E-state index in [1.165, 1.54) is 6.42 Å². The predicted octanol–water partition coefficient (Wildman–Crippen LogP) is 3.88. The zero-order valence-electron chi connectivity index (χ0n) is 19.0. The quantitative estimate of drug-likeness (QED) is 0.658. The fraction of sp³-hybridized carbons (Fsp3) is 0.440. The Labute approximate surface area is 189 Å². The number of hydrazone groups is 1. The highest BCUT2D eigenvalue weighted by molar-refractivity contribution is 6.03. The lowest BCUT2D eigenvalue weighted by Gasteiger charge is -2.29. The van der Waals surface area contributed by atoms with Crippen molar-refractivity contribution >= 4 is 11.6 Å². The Bertz CT molecular complexity index is 968. The number of benzene rings is 2. The number of ether oxygens (including phenoxy) is 3. The Balaban J connectivity index is 1.65. The van der Waals surface area contributed by atoms with Crippen LogP contribution in [0.4, 0.5) is 0 Å². The van der Waals surface area contributed by atoms with Crippen LogP contribution in [0.3, 0.4) is 0 Å². The molecule has 7 nitrogen and oxygen atoms in total. The fourth-order valence-electron chi connectivity index (χ4n) is 4.42. The van der Waals surface area contributed by atoms with E-state index in [1.54, 1.807) is 26.3 Å². The summed E-state index contributed by atoms with van der Waals surface area (Å²) in [7, 11) is 4.91. The molecule has 0 spiro atoms. The van der Waals surface area contributed by atoms with Crippen LogP contribution in [0.1, 0.15) is 42.9 Å². The molecule has 2 aromatic rings. The highest BCUT2D eigenvalue weighted by atomic mass is 16.5. The maximum absolute atomic E-state index is 13.4. The molecule has 1 fully saturated rings. The van der Waals surface area contributed by atoms with Crippen molar-refractivity contribution in [2.45, 2.75) is 31.7 Å². The Morgan fingerprint density at radius 2 is 1.62 bits per heavy atom. The first-order chi connectivity index (χ1) is 15.6. The first kappa shape index (κ1) is 22.1. The summed E-state index contributed by atoms with van der Waals surface area (Å²) in [6, 6.07) is 13.3. The van der Waals surface area contributed by atoms with Gasteiger partial charge in [-0.25, -0.2) is 5.01 Å². The number of likely N-dealkylation sites (tertiary alicyclic amines) is 1. The van der Waals surface area contributed by atoms with E-state index in [0.29, 0.717) is 24.5 Å². The van der Waals surface area contributed by atoms with E-state index in [1.807, 2.05) is 42.5 Å². The molecule has 4 rings (SSSR count). The molecule has 0 aliphatic carbocycles. The lowest BCUT2D eigenvalue weighted by atomic mass is 9.97. The molecule has 0 saturated carbocycles. The van der Waals surface area contributed by atoms with Crippen molar-refractivity contribution in [3.8, 4) is 17.2 Å². The van der Waals surface area contributed by atoms with Gasteiger partial charge in [0.1, 0.15) is 17.2 Å². The maximum Gasteiger partial charge on any atom is 0.257 e. The van der Waals surface area contributed by atoms with E-state index in [9.17, 15) is 4.79 Å². The molecule has 2 heterocycles. The number of rotatable bonds is 7. The predicted molar refractivity (Wildman–Crippen MR) is 124 cm³/mol. The zero-order chi connectivity index (χ0) is 22.5. The molecule has 1 amide bonds. The van der Waals surface area contributed by atoms with Gasteiger partial charge in [0.15, 0.2) is 0 Å². The summed E-state index contributed by atoms with van der Waals surface area (Å²) in [5.74, 6) is 2.21. The van der Waals surface area contributed by atoms with Gasteiger partial charge in [-0.15, -0.1) is 0 Å². The molecule has 1 saturated heterocycles. The molecule has 1 unspecified atom stereocenters. The third-order valence-corrected chi connectivity index (χ3v) is 6.20. The second-order valence-corrected chi connectivity index (χ2v) is 8.18. The van der Waals surface area contributed by atoms with Crippen LogP contribution in [0.15, 0.2) is 47.6 Å². The van der Waals surface area contributed by atoms with Crippen molar-refractivity contribution in [2.75, 3.05) is 41.0 Å². The molecule has 1 atom stereocenters. The molecule has 2 aliphatic rings. The molecule has 0 N–H and O–H groups in total. The van der Waals surface area contributed by atoms with Gasteiger partial charge in [0, 0.05) is 18.1 Å². The summed E-state index contributed by atoms with van der Waals surface area (Å²) in [6.07, 6.45) is 4.13. The average Bonchev–Trinajstić information content (AvgIpc) is 3.29. The fourth-order valence-corrected chi connectivity index (χ4v) is 4.42.